The minimum atomic E-state index is -3.28. The molecule has 34 heavy (non-hydrogen) atoms. The van der Waals surface area contributed by atoms with Gasteiger partial charge in [0.25, 0.3) is 0 Å². The molecule has 0 aliphatic carbocycles. The van der Waals surface area contributed by atoms with Crippen molar-refractivity contribution in [2.45, 2.75) is 43.7 Å². The fraction of sp³-hybridized carbons (Fsp3) is 0.375. The van der Waals surface area contributed by atoms with Gasteiger partial charge in [0, 0.05) is 30.2 Å². The molecule has 4 rings (SSSR count). The van der Waals surface area contributed by atoms with E-state index in [1.807, 2.05) is 25.1 Å². The van der Waals surface area contributed by atoms with Gasteiger partial charge in [0.15, 0.2) is 15.0 Å². The number of sulfone groups is 1. The number of rotatable bonds is 9. The third-order valence-electron chi connectivity index (χ3n) is 5.95. The second-order valence-corrected chi connectivity index (χ2v) is 11.5. The van der Waals surface area contributed by atoms with Crippen LogP contribution in [0, 0.1) is 11.6 Å². The Hall–Kier alpha value is -2.40. The number of hydrogen-bond acceptors (Lipinski definition) is 7. The van der Waals surface area contributed by atoms with Crippen LogP contribution in [0.15, 0.2) is 48.0 Å². The number of aryl methyl sites for hydroxylation is 1. The summed E-state index contributed by atoms with van der Waals surface area (Å²) >= 11 is 1.35. The van der Waals surface area contributed by atoms with Gasteiger partial charge in [0.2, 0.25) is 0 Å². The molecule has 0 spiro atoms. The molecule has 0 amide bonds. The third-order valence-corrected chi connectivity index (χ3v) is 8.24. The summed E-state index contributed by atoms with van der Waals surface area (Å²) in [4.78, 5) is 4.18. The molecule has 3 aromatic rings. The molecule has 0 bridgehead atoms. The van der Waals surface area contributed by atoms with Crippen LogP contribution in [0.1, 0.15) is 35.2 Å². The van der Waals surface area contributed by atoms with Gasteiger partial charge >= 0.3 is 0 Å². The van der Waals surface area contributed by atoms with Gasteiger partial charge in [-0.15, -0.1) is 11.3 Å². The Labute approximate surface area is 202 Å². The van der Waals surface area contributed by atoms with Crippen molar-refractivity contribution in [1.29, 1.82) is 0 Å². The number of fused-ring (bicyclic) bond motifs is 1. The Kier molecular flexibility index (Phi) is 7.61. The Morgan fingerprint density at radius 3 is 2.62 bits per heavy atom. The molecule has 1 aromatic heterocycles. The summed E-state index contributed by atoms with van der Waals surface area (Å²) in [5, 5.41) is 19.7. The largest absolute Gasteiger partial charge is 0.390 e. The quantitative estimate of drug-likeness (QED) is 0.410. The molecule has 1 aliphatic heterocycles. The van der Waals surface area contributed by atoms with Crippen LogP contribution in [0.5, 0.6) is 0 Å². The Balaban J connectivity index is 1.52. The highest BCUT2D eigenvalue weighted by Gasteiger charge is 2.31. The first kappa shape index (κ1) is 24.7. The summed E-state index contributed by atoms with van der Waals surface area (Å²) in [6, 6.07) is 8.03. The van der Waals surface area contributed by atoms with E-state index in [1.54, 1.807) is 11.6 Å². The molecule has 182 valence electrons. The third kappa shape index (κ3) is 6.18. The van der Waals surface area contributed by atoms with Crippen molar-refractivity contribution in [3.05, 3.63) is 81.9 Å². The Morgan fingerprint density at radius 2 is 1.94 bits per heavy atom. The molecule has 6 nitrogen and oxygen atoms in total. The van der Waals surface area contributed by atoms with Crippen LogP contribution in [0.25, 0.3) is 0 Å². The molecule has 2 aromatic carbocycles. The molecule has 3 N–H and O–H groups in total. The van der Waals surface area contributed by atoms with Crippen molar-refractivity contribution in [2.75, 3.05) is 17.6 Å². The SMILES string of the molecule is CCc1ccc2c(c1)C(NCC(O)C(Cc1cc(F)cc(F)c1)Nc1nccs1)CS(=O)(=O)C2. The number of benzene rings is 2. The van der Waals surface area contributed by atoms with Crippen molar-refractivity contribution in [2.24, 2.45) is 0 Å². The molecule has 2 heterocycles. The Morgan fingerprint density at radius 1 is 1.18 bits per heavy atom. The maximum absolute atomic E-state index is 13.7. The highest BCUT2D eigenvalue weighted by Crippen LogP contribution is 2.29. The molecule has 0 saturated carbocycles. The fourth-order valence-corrected chi connectivity index (χ4v) is 6.50. The summed E-state index contributed by atoms with van der Waals surface area (Å²) < 4.78 is 52.4. The summed E-state index contributed by atoms with van der Waals surface area (Å²) in [5.74, 6) is -1.43. The van der Waals surface area contributed by atoms with Gasteiger partial charge < -0.3 is 15.7 Å². The van der Waals surface area contributed by atoms with E-state index in [2.05, 4.69) is 15.6 Å². The van der Waals surface area contributed by atoms with E-state index in [-0.39, 0.29) is 24.5 Å². The molecule has 0 fully saturated rings. The molecule has 3 atom stereocenters. The first-order valence-corrected chi connectivity index (χ1v) is 13.8. The van der Waals surface area contributed by atoms with Crippen LogP contribution in [0.4, 0.5) is 13.9 Å². The van der Waals surface area contributed by atoms with Gasteiger partial charge in [-0.1, -0.05) is 25.1 Å². The van der Waals surface area contributed by atoms with E-state index >= 15 is 0 Å². The van der Waals surface area contributed by atoms with Crippen LogP contribution in [-0.4, -0.2) is 43.0 Å². The van der Waals surface area contributed by atoms with E-state index in [4.69, 9.17) is 0 Å². The molecule has 0 radical (unpaired) electrons. The Bertz CT molecular complexity index is 1220. The summed E-state index contributed by atoms with van der Waals surface area (Å²) in [6.45, 7) is 2.12. The maximum atomic E-state index is 13.7. The van der Waals surface area contributed by atoms with E-state index in [0.29, 0.717) is 10.7 Å². The standard InChI is InChI=1S/C24H27F2N3O3S2/c1-2-15-3-4-17-13-34(31,32)14-22(20(17)9-15)28-12-23(30)21(29-24-27-5-6-33-24)10-16-7-18(25)11-19(26)8-16/h3-9,11,21-23,28,30H,2,10,12-14H2,1H3,(H,27,29). The number of aliphatic hydroxyl groups is 1. The summed E-state index contributed by atoms with van der Waals surface area (Å²) in [5.41, 5.74) is 3.20. The lowest BCUT2D eigenvalue weighted by Gasteiger charge is -2.30. The number of anilines is 1. The van der Waals surface area contributed by atoms with E-state index in [1.165, 1.54) is 23.5 Å². The molecule has 3 unspecified atom stereocenters. The van der Waals surface area contributed by atoms with E-state index in [9.17, 15) is 22.3 Å². The minimum Gasteiger partial charge on any atom is -0.390 e. The molecular weight excluding hydrogens is 480 g/mol. The average Bonchev–Trinajstić information content (AvgIpc) is 3.28. The zero-order valence-corrected chi connectivity index (χ0v) is 20.3. The van der Waals surface area contributed by atoms with Crippen molar-refractivity contribution in [1.82, 2.24) is 10.3 Å². The topological polar surface area (TPSA) is 91.3 Å². The van der Waals surface area contributed by atoms with Crippen molar-refractivity contribution in [3.63, 3.8) is 0 Å². The number of halogens is 2. The predicted molar refractivity (Wildman–Crippen MR) is 130 cm³/mol. The number of thiazole rings is 1. The van der Waals surface area contributed by atoms with Gasteiger partial charge in [-0.05, 0) is 47.2 Å². The second-order valence-electron chi connectivity index (χ2n) is 8.54. The smallest absolute Gasteiger partial charge is 0.182 e. The van der Waals surface area contributed by atoms with Gasteiger partial charge in [-0.25, -0.2) is 22.2 Å². The normalized spacial score (nSPS) is 18.8. The van der Waals surface area contributed by atoms with Crippen LogP contribution >= 0.6 is 11.3 Å². The lowest BCUT2D eigenvalue weighted by molar-refractivity contribution is 0.145. The van der Waals surface area contributed by atoms with Crippen LogP contribution in [0.3, 0.4) is 0 Å². The van der Waals surface area contributed by atoms with Gasteiger partial charge in [-0.3, -0.25) is 0 Å². The van der Waals surface area contributed by atoms with Gasteiger partial charge in [0.05, 0.1) is 23.7 Å². The number of hydrogen-bond donors (Lipinski definition) is 3. The molecule has 0 saturated heterocycles. The lowest BCUT2D eigenvalue weighted by Crippen LogP contribution is -2.45. The van der Waals surface area contributed by atoms with Gasteiger partial charge in [0.1, 0.15) is 11.6 Å². The predicted octanol–water partition coefficient (Wildman–Crippen LogP) is 3.63. The number of nitrogens with zero attached hydrogens (tertiary/aromatic N) is 1. The van der Waals surface area contributed by atoms with E-state index < -0.39 is 39.7 Å². The maximum Gasteiger partial charge on any atom is 0.182 e. The molecular formula is C24H27F2N3O3S2. The van der Waals surface area contributed by atoms with E-state index in [0.717, 1.165) is 29.2 Å². The van der Waals surface area contributed by atoms with Crippen LogP contribution in [0.2, 0.25) is 0 Å². The zero-order valence-electron chi connectivity index (χ0n) is 18.7. The number of aliphatic hydroxyl groups excluding tert-OH is 1. The number of nitrogens with one attached hydrogen (secondary N) is 2. The first-order valence-electron chi connectivity index (χ1n) is 11.1. The van der Waals surface area contributed by atoms with Crippen LogP contribution < -0.4 is 10.6 Å². The monoisotopic (exact) mass is 507 g/mol. The van der Waals surface area contributed by atoms with Crippen molar-refractivity contribution < 1.29 is 22.3 Å². The highest BCUT2D eigenvalue weighted by atomic mass is 32.2. The average molecular weight is 508 g/mol. The number of aromatic nitrogens is 1. The fourth-order valence-electron chi connectivity index (χ4n) is 4.25. The van der Waals surface area contributed by atoms with Crippen molar-refractivity contribution in [3.8, 4) is 0 Å². The molecule has 1 aliphatic rings. The van der Waals surface area contributed by atoms with Crippen LogP contribution in [-0.2, 0) is 28.4 Å². The van der Waals surface area contributed by atoms with Gasteiger partial charge in [-0.2, -0.15) is 0 Å². The minimum absolute atomic E-state index is 0.00637. The highest BCUT2D eigenvalue weighted by molar-refractivity contribution is 7.90. The second kappa shape index (κ2) is 10.5. The summed E-state index contributed by atoms with van der Waals surface area (Å²) in [6.07, 6.45) is 1.61. The van der Waals surface area contributed by atoms with Crippen molar-refractivity contribution >= 4 is 26.3 Å². The first-order chi connectivity index (χ1) is 16.2. The zero-order chi connectivity index (χ0) is 24.3. The lowest BCUT2D eigenvalue weighted by atomic mass is 9.97. The summed E-state index contributed by atoms with van der Waals surface area (Å²) in [7, 11) is -3.28. The molecule has 10 heteroatoms.